The van der Waals surface area contributed by atoms with E-state index in [9.17, 15) is 4.79 Å². The number of carbonyl (C=O) groups is 1. The minimum atomic E-state index is -0.226. The summed E-state index contributed by atoms with van der Waals surface area (Å²) >= 11 is 0. The van der Waals surface area contributed by atoms with Gasteiger partial charge in [-0.2, -0.15) is 0 Å². The Morgan fingerprint density at radius 3 is 2.24 bits per heavy atom. The molecule has 0 aromatic heterocycles. The lowest BCUT2D eigenvalue weighted by Crippen LogP contribution is -2.26. The molecule has 5 heteroatoms. The summed E-state index contributed by atoms with van der Waals surface area (Å²) < 4.78 is 11.1. The number of nitrogens with one attached hydrogen (secondary N) is 2. The SMILES string of the molecule is CCCOc1ccc([C@@H]2Nc3ccccc3NC3=C2C(=O)C[C@H](c2ccc(OC)cc2)C3)cc1. The Hall–Kier alpha value is -3.73. The number of carbonyl (C=O) groups excluding carboxylic acids is 1. The molecule has 2 atom stereocenters. The normalized spacial score (nSPS) is 19.3. The van der Waals surface area contributed by atoms with Gasteiger partial charge in [0.2, 0.25) is 0 Å². The van der Waals surface area contributed by atoms with Crippen molar-refractivity contribution in [3.05, 3.63) is 95.2 Å². The average molecular weight is 455 g/mol. The number of hydrogen-bond donors (Lipinski definition) is 2. The van der Waals surface area contributed by atoms with Crippen LogP contribution in [0.5, 0.6) is 11.5 Å². The van der Waals surface area contributed by atoms with Crippen LogP contribution in [-0.2, 0) is 4.79 Å². The molecule has 2 N–H and O–H groups in total. The van der Waals surface area contributed by atoms with Crippen LogP contribution >= 0.6 is 0 Å². The van der Waals surface area contributed by atoms with E-state index in [1.54, 1.807) is 7.11 Å². The molecule has 1 aliphatic heterocycles. The van der Waals surface area contributed by atoms with Gasteiger partial charge in [0.05, 0.1) is 31.1 Å². The lowest BCUT2D eigenvalue weighted by molar-refractivity contribution is -0.116. The summed E-state index contributed by atoms with van der Waals surface area (Å²) in [6, 6.07) is 24.1. The van der Waals surface area contributed by atoms with Crippen molar-refractivity contribution in [2.45, 2.75) is 38.1 Å². The molecule has 3 aromatic rings. The van der Waals surface area contributed by atoms with Crippen molar-refractivity contribution < 1.29 is 14.3 Å². The van der Waals surface area contributed by atoms with Gasteiger partial charge in [-0.05, 0) is 66.3 Å². The van der Waals surface area contributed by atoms with Crippen molar-refractivity contribution in [3.8, 4) is 11.5 Å². The summed E-state index contributed by atoms with van der Waals surface area (Å²) in [5.74, 6) is 1.97. The first-order valence-corrected chi connectivity index (χ1v) is 11.9. The van der Waals surface area contributed by atoms with E-state index in [4.69, 9.17) is 9.47 Å². The molecule has 0 amide bonds. The highest BCUT2D eigenvalue weighted by Gasteiger charge is 2.36. The number of rotatable bonds is 6. The molecule has 174 valence electrons. The van der Waals surface area contributed by atoms with Crippen LogP contribution < -0.4 is 20.1 Å². The van der Waals surface area contributed by atoms with Crippen LogP contribution in [0, 0.1) is 0 Å². The number of anilines is 2. The van der Waals surface area contributed by atoms with Gasteiger partial charge in [0.1, 0.15) is 11.5 Å². The zero-order valence-electron chi connectivity index (χ0n) is 19.6. The second-order valence-corrected chi connectivity index (χ2v) is 8.86. The third-order valence-corrected chi connectivity index (χ3v) is 6.58. The molecule has 3 aromatic carbocycles. The van der Waals surface area contributed by atoms with Crippen LogP contribution in [0.3, 0.4) is 0 Å². The van der Waals surface area contributed by atoms with Crippen molar-refractivity contribution >= 4 is 17.2 Å². The maximum Gasteiger partial charge on any atom is 0.163 e. The Morgan fingerprint density at radius 1 is 0.853 bits per heavy atom. The molecular formula is C29H30N2O3. The molecule has 5 nitrogen and oxygen atoms in total. The van der Waals surface area contributed by atoms with Gasteiger partial charge >= 0.3 is 0 Å². The standard InChI is InChI=1S/C29H30N2O3/c1-3-16-34-23-14-10-20(11-15-23)29-28-26(30-24-6-4-5-7-25(24)31-29)17-21(18-27(28)32)19-8-12-22(33-2)13-9-19/h4-15,21,29-31H,3,16-18H2,1-2H3/t21-,29+/m1/s1. The van der Waals surface area contributed by atoms with E-state index < -0.39 is 0 Å². The maximum absolute atomic E-state index is 13.6. The largest absolute Gasteiger partial charge is 0.497 e. The molecule has 1 aliphatic carbocycles. The molecule has 0 fully saturated rings. The second kappa shape index (κ2) is 9.64. The topological polar surface area (TPSA) is 59.6 Å². The van der Waals surface area contributed by atoms with Gasteiger partial charge in [0.15, 0.2) is 5.78 Å². The van der Waals surface area contributed by atoms with E-state index in [1.807, 2.05) is 36.4 Å². The number of ketones is 1. The molecule has 0 saturated carbocycles. The zero-order chi connectivity index (χ0) is 23.5. The summed E-state index contributed by atoms with van der Waals surface area (Å²) in [6.45, 7) is 2.79. The molecule has 0 saturated heterocycles. The highest BCUT2D eigenvalue weighted by molar-refractivity contribution is 6.01. The number of para-hydroxylation sites is 2. The fourth-order valence-corrected chi connectivity index (χ4v) is 4.83. The fourth-order valence-electron chi connectivity index (χ4n) is 4.83. The Balaban J connectivity index is 1.51. The Morgan fingerprint density at radius 2 is 1.53 bits per heavy atom. The second-order valence-electron chi connectivity index (χ2n) is 8.86. The van der Waals surface area contributed by atoms with Gasteiger partial charge < -0.3 is 20.1 Å². The molecule has 0 spiro atoms. The number of benzene rings is 3. The number of allylic oxidation sites excluding steroid dienone is 1. The summed E-state index contributed by atoms with van der Waals surface area (Å²) in [6.07, 6.45) is 2.23. The van der Waals surface area contributed by atoms with E-state index >= 15 is 0 Å². The van der Waals surface area contributed by atoms with Gasteiger partial charge in [-0.1, -0.05) is 43.3 Å². The van der Waals surface area contributed by atoms with E-state index in [2.05, 4.69) is 54.0 Å². The third-order valence-electron chi connectivity index (χ3n) is 6.58. The smallest absolute Gasteiger partial charge is 0.163 e. The van der Waals surface area contributed by atoms with Crippen molar-refractivity contribution in [1.29, 1.82) is 0 Å². The fraction of sp³-hybridized carbons (Fsp3) is 0.276. The van der Waals surface area contributed by atoms with Crippen molar-refractivity contribution in [1.82, 2.24) is 0 Å². The van der Waals surface area contributed by atoms with Gasteiger partial charge in [0, 0.05) is 17.7 Å². The van der Waals surface area contributed by atoms with E-state index in [1.165, 1.54) is 0 Å². The molecular weight excluding hydrogens is 424 g/mol. The monoisotopic (exact) mass is 454 g/mol. The third kappa shape index (κ3) is 4.38. The summed E-state index contributed by atoms with van der Waals surface area (Å²) in [7, 11) is 1.67. The lowest BCUT2D eigenvalue weighted by Gasteiger charge is -2.30. The molecule has 1 heterocycles. The van der Waals surface area contributed by atoms with Crippen LogP contribution in [0.4, 0.5) is 11.4 Å². The number of ether oxygens (including phenoxy) is 2. The number of methoxy groups -OCH3 is 1. The molecule has 0 unspecified atom stereocenters. The lowest BCUT2D eigenvalue weighted by atomic mass is 9.78. The molecule has 2 aliphatic rings. The van der Waals surface area contributed by atoms with Gasteiger partial charge in [-0.25, -0.2) is 0 Å². The first-order valence-electron chi connectivity index (χ1n) is 11.9. The van der Waals surface area contributed by atoms with Crippen molar-refractivity contribution in [2.75, 3.05) is 24.4 Å². The van der Waals surface area contributed by atoms with Crippen molar-refractivity contribution in [2.24, 2.45) is 0 Å². The van der Waals surface area contributed by atoms with Crippen LogP contribution in [0.1, 0.15) is 49.3 Å². The maximum atomic E-state index is 13.6. The molecule has 0 bridgehead atoms. The first kappa shape index (κ1) is 22.1. The predicted molar refractivity (Wildman–Crippen MR) is 136 cm³/mol. The Kier molecular flexibility index (Phi) is 6.26. The van der Waals surface area contributed by atoms with Crippen LogP contribution in [0.25, 0.3) is 0 Å². The van der Waals surface area contributed by atoms with E-state index in [-0.39, 0.29) is 17.7 Å². The predicted octanol–water partition coefficient (Wildman–Crippen LogP) is 6.46. The summed E-state index contributed by atoms with van der Waals surface area (Å²) in [5, 5.41) is 7.24. The van der Waals surface area contributed by atoms with Gasteiger partial charge in [-0.15, -0.1) is 0 Å². The van der Waals surface area contributed by atoms with E-state index in [0.29, 0.717) is 13.0 Å². The Bertz CT molecular complexity index is 1200. The average Bonchev–Trinajstić information content (AvgIpc) is 3.05. The summed E-state index contributed by atoms with van der Waals surface area (Å²) in [5.41, 5.74) is 5.99. The molecule has 0 radical (unpaired) electrons. The van der Waals surface area contributed by atoms with Gasteiger partial charge in [0.25, 0.3) is 0 Å². The van der Waals surface area contributed by atoms with Crippen molar-refractivity contribution in [3.63, 3.8) is 0 Å². The summed E-state index contributed by atoms with van der Waals surface area (Å²) in [4.78, 5) is 13.6. The number of hydrogen-bond acceptors (Lipinski definition) is 5. The van der Waals surface area contributed by atoms with E-state index in [0.717, 1.165) is 58.1 Å². The zero-order valence-corrected chi connectivity index (χ0v) is 19.6. The van der Waals surface area contributed by atoms with Crippen LogP contribution in [-0.4, -0.2) is 19.5 Å². The molecule has 5 rings (SSSR count). The van der Waals surface area contributed by atoms with Crippen LogP contribution in [0.15, 0.2) is 84.1 Å². The Labute approximate surface area is 200 Å². The minimum Gasteiger partial charge on any atom is -0.497 e. The highest BCUT2D eigenvalue weighted by Crippen LogP contribution is 2.44. The van der Waals surface area contributed by atoms with Gasteiger partial charge in [-0.3, -0.25) is 4.79 Å². The first-order chi connectivity index (χ1) is 16.7. The highest BCUT2D eigenvalue weighted by atomic mass is 16.5. The van der Waals surface area contributed by atoms with Crippen LogP contribution in [0.2, 0.25) is 0 Å². The quantitative estimate of drug-likeness (QED) is 0.447. The molecule has 34 heavy (non-hydrogen) atoms. The minimum absolute atomic E-state index is 0.125. The number of fused-ring (bicyclic) bond motifs is 1. The number of Topliss-reactive ketones (excluding diaryl/α,β-unsaturated/α-hetero) is 1.